The van der Waals surface area contributed by atoms with Gasteiger partial charge in [-0.15, -0.1) is 11.3 Å². The molecular weight excluding hydrogens is 306 g/mol. The molecule has 2 atom stereocenters. The summed E-state index contributed by atoms with van der Waals surface area (Å²) in [5, 5.41) is 3.23. The van der Waals surface area contributed by atoms with Crippen LogP contribution in [0.25, 0.3) is 0 Å². The molecule has 1 N–H and O–H groups in total. The number of hydrogen-bond donors (Lipinski definition) is 1. The minimum Gasteiger partial charge on any atom is -0.385 e. The Balaban J connectivity index is 2.26. The SMILES string of the molecule is CCCNC1CC(CCCOC)S(=O)(=O)c2sc(C)cc21. The van der Waals surface area contributed by atoms with E-state index in [9.17, 15) is 8.42 Å². The number of ether oxygens (including phenoxy) is 1. The summed E-state index contributed by atoms with van der Waals surface area (Å²) in [5.74, 6) is 0. The minimum absolute atomic E-state index is 0.168. The van der Waals surface area contributed by atoms with Crippen molar-refractivity contribution in [1.82, 2.24) is 5.32 Å². The molecule has 120 valence electrons. The van der Waals surface area contributed by atoms with Gasteiger partial charge in [0.1, 0.15) is 4.21 Å². The summed E-state index contributed by atoms with van der Waals surface area (Å²) < 4.78 is 31.2. The average molecular weight is 332 g/mol. The fourth-order valence-corrected chi connectivity index (χ4v) is 6.71. The quantitative estimate of drug-likeness (QED) is 0.780. The first-order chi connectivity index (χ1) is 10.0. The molecule has 1 aromatic rings. The molecule has 2 heterocycles. The summed E-state index contributed by atoms with van der Waals surface area (Å²) in [5.41, 5.74) is 0.981. The molecule has 0 radical (unpaired) electrons. The summed E-state index contributed by atoms with van der Waals surface area (Å²) >= 11 is 1.42. The zero-order valence-electron chi connectivity index (χ0n) is 13.0. The zero-order chi connectivity index (χ0) is 15.5. The van der Waals surface area contributed by atoms with Gasteiger partial charge in [0.15, 0.2) is 9.84 Å². The van der Waals surface area contributed by atoms with Crippen LogP contribution in [0.4, 0.5) is 0 Å². The van der Waals surface area contributed by atoms with Crippen LogP contribution >= 0.6 is 11.3 Å². The van der Waals surface area contributed by atoms with Crippen LogP contribution in [0, 0.1) is 6.92 Å². The van der Waals surface area contributed by atoms with Crippen molar-refractivity contribution in [3.63, 3.8) is 0 Å². The molecule has 1 aliphatic heterocycles. The lowest BCUT2D eigenvalue weighted by molar-refractivity contribution is 0.191. The second kappa shape index (κ2) is 7.22. The highest BCUT2D eigenvalue weighted by Gasteiger charge is 2.39. The third kappa shape index (κ3) is 3.67. The standard InChI is InChI=1S/C15H25NO3S2/c1-4-7-16-14-10-12(6-5-8-19-3)21(17,18)15-13(14)9-11(2)20-15/h9,12,14,16H,4-8,10H2,1-3H3. The molecule has 21 heavy (non-hydrogen) atoms. The van der Waals surface area contributed by atoms with E-state index in [0.717, 1.165) is 29.8 Å². The lowest BCUT2D eigenvalue weighted by atomic mass is 10.0. The predicted octanol–water partition coefficient (Wildman–Crippen LogP) is 3.07. The molecule has 0 fully saturated rings. The summed E-state index contributed by atoms with van der Waals surface area (Å²) in [7, 11) is -1.52. The Kier molecular flexibility index (Phi) is 5.82. The van der Waals surface area contributed by atoms with Crippen LogP contribution in [0.1, 0.15) is 49.1 Å². The van der Waals surface area contributed by atoms with Gasteiger partial charge < -0.3 is 10.1 Å². The highest BCUT2D eigenvalue weighted by Crippen LogP contribution is 2.42. The van der Waals surface area contributed by atoms with Gasteiger partial charge in [0.2, 0.25) is 0 Å². The molecule has 0 bridgehead atoms. The Hall–Kier alpha value is -0.430. The zero-order valence-corrected chi connectivity index (χ0v) is 14.6. The van der Waals surface area contributed by atoms with Crippen LogP contribution in [0.3, 0.4) is 0 Å². The number of rotatable bonds is 7. The molecule has 0 aliphatic carbocycles. The number of nitrogens with one attached hydrogen (secondary N) is 1. The maximum Gasteiger partial charge on any atom is 0.191 e. The fraction of sp³-hybridized carbons (Fsp3) is 0.733. The Morgan fingerprint density at radius 2 is 2.24 bits per heavy atom. The Labute approximate surface area is 131 Å². The molecule has 0 saturated heterocycles. The van der Waals surface area contributed by atoms with Crippen molar-refractivity contribution in [2.75, 3.05) is 20.3 Å². The fourth-order valence-electron chi connectivity index (χ4n) is 2.89. The topological polar surface area (TPSA) is 55.4 Å². The van der Waals surface area contributed by atoms with Crippen molar-refractivity contribution in [3.05, 3.63) is 16.5 Å². The van der Waals surface area contributed by atoms with Gasteiger partial charge in [-0.05, 0) is 50.8 Å². The molecular formula is C15H25NO3S2. The lowest BCUT2D eigenvalue weighted by Gasteiger charge is -2.30. The van der Waals surface area contributed by atoms with Crippen LogP contribution < -0.4 is 5.32 Å². The van der Waals surface area contributed by atoms with Gasteiger partial charge in [0.25, 0.3) is 0 Å². The van der Waals surface area contributed by atoms with Gasteiger partial charge in [-0.2, -0.15) is 0 Å². The second-order valence-electron chi connectivity index (χ2n) is 5.64. The van der Waals surface area contributed by atoms with E-state index >= 15 is 0 Å². The normalized spacial score (nSPS) is 24.0. The smallest absolute Gasteiger partial charge is 0.191 e. The summed E-state index contributed by atoms with van der Waals surface area (Å²) in [6, 6.07) is 2.21. The van der Waals surface area contributed by atoms with Crippen molar-refractivity contribution < 1.29 is 13.2 Å². The molecule has 6 heteroatoms. The number of thiophene rings is 1. The monoisotopic (exact) mass is 331 g/mol. The summed E-state index contributed by atoms with van der Waals surface area (Å²) in [4.78, 5) is 1.07. The molecule has 0 aromatic carbocycles. The summed E-state index contributed by atoms with van der Waals surface area (Å²) in [6.07, 6.45) is 3.20. The third-order valence-electron chi connectivity index (χ3n) is 3.93. The predicted molar refractivity (Wildman–Crippen MR) is 86.8 cm³/mol. The molecule has 0 amide bonds. The number of sulfone groups is 1. The Morgan fingerprint density at radius 1 is 1.48 bits per heavy atom. The Morgan fingerprint density at radius 3 is 2.90 bits per heavy atom. The van der Waals surface area contributed by atoms with Crippen molar-refractivity contribution in [3.8, 4) is 0 Å². The van der Waals surface area contributed by atoms with Crippen LogP contribution in [0.5, 0.6) is 0 Å². The third-order valence-corrected chi connectivity index (χ3v) is 7.80. The molecule has 1 aliphatic rings. The highest BCUT2D eigenvalue weighted by atomic mass is 32.2. The van der Waals surface area contributed by atoms with E-state index in [0.29, 0.717) is 23.7 Å². The highest BCUT2D eigenvalue weighted by molar-refractivity contribution is 7.94. The van der Waals surface area contributed by atoms with Crippen LogP contribution in [-0.2, 0) is 14.6 Å². The summed E-state index contributed by atoms with van der Waals surface area (Å²) in [6.45, 7) is 5.65. The van der Waals surface area contributed by atoms with Gasteiger partial charge in [0.05, 0.1) is 5.25 Å². The maximum absolute atomic E-state index is 12.8. The van der Waals surface area contributed by atoms with Crippen molar-refractivity contribution in [2.45, 2.75) is 55.0 Å². The minimum atomic E-state index is -3.18. The van der Waals surface area contributed by atoms with Gasteiger partial charge in [-0.1, -0.05) is 6.92 Å². The lowest BCUT2D eigenvalue weighted by Crippen LogP contribution is -2.35. The largest absolute Gasteiger partial charge is 0.385 e. The van der Waals surface area contributed by atoms with Crippen LogP contribution in [-0.4, -0.2) is 33.9 Å². The molecule has 2 unspecified atom stereocenters. The van der Waals surface area contributed by atoms with E-state index in [4.69, 9.17) is 4.74 Å². The first kappa shape index (κ1) is 16.9. The van der Waals surface area contributed by atoms with E-state index < -0.39 is 9.84 Å². The van der Waals surface area contributed by atoms with E-state index in [1.165, 1.54) is 11.3 Å². The van der Waals surface area contributed by atoms with E-state index in [1.54, 1.807) is 7.11 Å². The van der Waals surface area contributed by atoms with E-state index in [-0.39, 0.29) is 11.3 Å². The Bertz CT molecular complexity index is 565. The van der Waals surface area contributed by atoms with Crippen molar-refractivity contribution in [1.29, 1.82) is 0 Å². The molecule has 0 spiro atoms. The van der Waals surface area contributed by atoms with Crippen LogP contribution in [0.2, 0.25) is 0 Å². The number of methoxy groups -OCH3 is 1. The molecule has 0 saturated carbocycles. The van der Waals surface area contributed by atoms with Gasteiger partial charge in [0, 0.05) is 24.6 Å². The van der Waals surface area contributed by atoms with Gasteiger partial charge in [-0.25, -0.2) is 8.42 Å². The second-order valence-corrected chi connectivity index (χ2v) is 9.32. The van der Waals surface area contributed by atoms with E-state index in [2.05, 4.69) is 12.2 Å². The number of aryl methyl sites for hydroxylation is 1. The van der Waals surface area contributed by atoms with Gasteiger partial charge >= 0.3 is 0 Å². The van der Waals surface area contributed by atoms with Crippen molar-refractivity contribution in [2.24, 2.45) is 0 Å². The molecule has 2 rings (SSSR count). The molecule has 4 nitrogen and oxygen atoms in total. The first-order valence-corrected chi connectivity index (χ1v) is 9.93. The molecule has 1 aromatic heterocycles. The number of fused-ring (bicyclic) bond motifs is 1. The maximum atomic E-state index is 12.8. The van der Waals surface area contributed by atoms with Gasteiger partial charge in [-0.3, -0.25) is 0 Å². The number of hydrogen-bond acceptors (Lipinski definition) is 5. The van der Waals surface area contributed by atoms with Crippen molar-refractivity contribution >= 4 is 21.2 Å². The average Bonchev–Trinajstić information content (AvgIpc) is 2.83. The first-order valence-electron chi connectivity index (χ1n) is 7.57. The van der Waals surface area contributed by atoms with E-state index in [1.807, 2.05) is 13.0 Å². The van der Waals surface area contributed by atoms with Crippen LogP contribution in [0.15, 0.2) is 10.3 Å².